The summed E-state index contributed by atoms with van der Waals surface area (Å²) >= 11 is 13.9. The van der Waals surface area contributed by atoms with Crippen LogP contribution in [-0.2, 0) is 12.3 Å². The molecule has 3 aromatic rings. The van der Waals surface area contributed by atoms with Crippen LogP contribution in [0.15, 0.2) is 60.3 Å². The molecule has 1 aromatic heterocycles. The first kappa shape index (κ1) is 18.5. The Balaban J connectivity index is 1.87. The van der Waals surface area contributed by atoms with E-state index < -0.39 is 0 Å². The van der Waals surface area contributed by atoms with Gasteiger partial charge in [0.05, 0.1) is 11.6 Å². The number of benzene rings is 2. The van der Waals surface area contributed by atoms with Crippen molar-refractivity contribution in [2.24, 2.45) is 0 Å². The summed E-state index contributed by atoms with van der Waals surface area (Å²) in [6.07, 6.45) is 1.80. The third kappa shape index (κ3) is 4.10. The van der Waals surface area contributed by atoms with Crippen LogP contribution < -0.4 is 0 Å². The van der Waals surface area contributed by atoms with Gasteiger partial charge in [-0.15, -0.1) is 16.8 Å². The zero-order valence-corrected chi connectivity index (χ0v) is 16.0. The summed E-state index contributed by atoms with van der Waals surface area (Å²) in [4.78, 5) is 0. The van der Waals surface area contributed by atoms with Crippen LogP contribution in [0.5, 0.6) is 0 Å². The maximum Gasteiger partial charge on any atom is 0.192 e. The molecule has 0 aliphatic heterocycles. The van der Waals surface area contributed by atoms with E-state index in [1.807, 2.05) is 34.9 Å². The molecule has 4 nitrogen and oxygen atoms in total. The number of aromatic nitrogens is 3. The SMILES string of the molecule is C=CCn1c(SCc2ccc(C#N)cc2Cl)nnc1-c1cccc(Cl)c1. The highest BCUT2D eigenvalue weighted by Crippen LogP contribution is 2.30. The van der Waals surface area contributed by atoms with Crippen LogP contribution in [0.25, 0.3) is 11.4 Å². The summed E-state index contributed by atoms with van der Waals surface area (Å²) < 4.78 is 1.99. The molecule has 2 aromatic carbocycles. The first-order valence-corrected chi connectivity index (χ1v) is 9.48. The molecule has 1 heterocycles. The van der Waals surface area contributed by atoms with Crippen LogP contribution in [0.3, 0.4) is 0 Å². The van der Waals surface area contributed by atoms with Crippen LogP contribution >= 0.6 is 35.0 Å². The van der Waals surface area contributed by atoms with Gasteiger partial charge in [0.25, 0.3) is 0 Å². The van der Waals surface area contributed by atoms with Gasteiger partial charge >= 0.3 is 0 Å². The summed E-state index contributed by atoms with van der Waals surface area (Å²) in [6, 6.07) is 14.9. The molecule has 0 aliphatic carbocycles. The number of thioether (sulfide) groups is 1. The van der Waals surface area contributed by atoms with Gasteiger partial charge in [-0.1, -0.05) is 59.2 Å². The third-order valence-corrected chi connectivity index (χ3v) is 5.25. The van der Waals surface area contributed by atoms with Gasteiger partial charge in [0.15, 0.2) is 11.0 Å². The quantitative estimate of drug-likeness (QED) is 0.398. The van der Waals surface area contributed by atoms with Crippen LogP contribution in [0.2, 0.25) is 10.0 Å². The van der Waals surface area contributed by atoms with Gasteiger partial charge in [-0.2, -0.15) is 5.26 Å². The molecule has 7 heteroatoms. The lowest BCUT2D eigenvalue weighted by atomic mass is 10.2. The van der Waals surface area contributed by atoms with Gasteiger partial charge in [-0.25, -0.2) is 0 Å². The molecule has 0 N–H and O–H groups in total. The second-order valence-corrected chi connectivity index (χ2v) is 7.21. The molecule has 130 valence electrons. The van der Waals surface area contributed by atoms with E-state index in [0.717, 1.165) is 22.1 Å². The molecule has 0 amide bonds. The standard InChI is InChI=1S/C19H14Cl2N4S/c1-2-8-25-18(14-4-3-5-16(20)10-14)23-24-19(25)26-12-15-7-6-13(11-22)9-17(15)21/h2-7,9-10H,1,8,12H2. The molecule has 3 rings (SSSR count). The van der Waals surface area contributed by atoms with E-state index in [9.17, 15) is 0 Å². The van der Waals surface area contributed by atoms with Crippen molar-refractivity contribution in [2.75, 3.05) is 0 Å². The monoisotopic (exact) mass is 400 g/mol. The number of nitrogens with zero attached hydrogens (tertiary/aromatic N) is 4. The molecule has 0 saturated carbocycles. The number of rotatable bonds is 6. The van der Waals surface area contributed by atoms with E-state index in [2.05, 4.69) is 22.8 Å². The minimum absolute atomic E-state index is 0.543. The molecular weight excluding hydrogens is 387 g/mol. The minimum atomic E-state index is 0.543. The van der Waals surface area contributed by atoms with Gasteiger partial charge in [-0.05, 0) is 29.8 Å². The Labute approximate surface area is 166 Å². The van der Waals surface area contributed by atoms with Gasteiger partial charge in [-0.3, -0.25) is 4.57 Å². The highest BCUT2D eigenvalue weighted by atomic mass is 35.5. The van der Waals surface area contributed by atoms with Gasteiger partial charge in [0.2, 0.25) is 0 Å². The Morgan fingerprint density at radius 3 is 2.73 bits per heavy atom. The van der Waals surface area contributed by atoms with E-state index in [1.165, 1.54) is 11.8 Å². The van der Waals surface area contributed by atoms with Crippen molar-refractivity contribution in [1.29, 1.82) is 5.26 Å². The topological polar surface area (TPSA) is 54.5 Å². The maximum atomic E-state index is 8.93. The zero-order valence-electron chi connectivity index (χ0n) is 13.7. The third-order valence-electron chi connectivity index (χ3n) is 3.65. The molecule has 0 spiro atoms. The van der Waals surface area contributed by atoms with Crippen molar-refractivity contribution in [3.63, 3.8) is 0 Å². The Morgan fingerprint density at radius 1 is 1.19 bits per heavy atom. The summed E-state index contributed by atoms with van der Waals surface area (Å²) in [5.41, 5.74) is 2.38. The number of hydrogen-bond acceptors (Lipinski definition) is 4. The first-order chi connectivity index (χ1) is 12.6. The zero-order chi connectivity index (χ0) is 18.5. The van der Waals surface area contributed by atoms with Crippen LogP contribution in [0.1, 0.15) is 11.1 Å². The molecule has 0 radical (unpaired) electrons. The van der Waals surface area contributed by atoms with E-state index >= 15 is 0 Å². The molecule has 0 unspecified atom stereocenters. The van der Waals surface area contributed by atoms with E-state index in [-0.39, 0.29) is 0 Å². The van der Waals surface area contributed by atoms with E-state index in [4.69, 9.17) is 28.5 Å². The highest BCUT2D eigenvalue weighted by molar-refractivity contribution is 7.98. The second-order valence-electron chi connectivity index (χ2n) is 5.42. The van der Waals surface area contributed by atoms with Crippen molar-refractivity contribution in [3.05, 3.63) is 76.3 Å². The minimum Gasteiger partial charge on any atom is -0.298 e. The molecule has 0 saturated heterocycles. The predicted molar refractivity (Wildman–Crippen MR) is 106 cm³/mol. The van der Waals surface area contributed by atoms with Gasteiger partial charge in [0, 0.05) is 27.9 Å². The molecular formula is C19H14Cl2N4S. The summed E-state index contributed by atoms with van der Waals surface area (Å²) in [5.74, 6) is 1.36. The first-order valence-electron chi connectivity index (χ1n) is 7.73. The van der Waals surface area contributed by atoms with Crippen LogP contribution in [0.4, 0.5) is 0 Å². The fourth-order valence-electron chi connectivity index (χ4n) is 2.41. The average Bonchev–Trinajstić information content (AvgIpc) is 3.03. The summed E-state index contributed by atoms with van der Waals surface area (Å²) in [7, 11) is 0. The molecule has 0 atom stereocenters. The normalized spacial score (nSPS) is 10.5. The highest BCUT2D eigenvalue weighted by Gasteiger charge is 2.14. The Hall–Kier alpha value is -2.26. The van der Waals surface area contributed by atoms with Crippen molar-refractivity contribution >= 4 is 35.0 Å². The average molecular weight is 401 g/mol. The summed E-state index contributed by atoms with van der Waals surface area (Å²) in [6.45, 7) is 4.40. The number of allylic oxidation sites excluding steroid dienone is 1. The van der Waals surface area contributed by atoms with Gasteiger partial charge in [0.1, 0.15) is 0 Å². The van der Waals surface area contributed by atoms with Crippen LogP contribution in [-0.4, -0.2) is 14.8 Å². The van der Waals surface area contributed by atoms with E-state index in [1.54, 1.807) is 18.2 Å². The predicted octanol–water partition coefficient (Wildman–Crippen LogP) is 5.60. The van der Waals surface area contributed by atoms with E-state index in [0.29, 0.717) is 27.9 Å². The Morgan fingerprint density at radius 2 is 2.04 bits per heavy atom. The molecule has 0 aliphatic rings. The lowest BCUT2D eigenvalue weighted by molar-refractivity contribution is 0.731. The largest absolute Gasteiger partial charge is 0.298 e. The smallest absolute Gasteiger partial charge is 0.192 e. The molecule has 0 bridgehead atoms. The van der Waals surface area contributed by atoms with Crippen LogP contribution in [0, 0.1) is 11.3 Å². The number of nitriles is 1. The lowest BCUT2D eigenvalue weighted by Crippen LogP contribution is -2.00. The number of hydrogen-bond donors (Lipinski definition) is 0. The Kier molecular flexibility index (Phi) is 6.00. The fraction of sp³-hybridized carbons (Fsp3) is 0.105. The van der Waals surface area contributed by atoms with Crippen molar-refractivity contribution < 1.29 is 0 Å². The fourth-order valence-corrected chi connectivity index (χ4v) is 3.88. The van der Waals surface area contributed by atoms with Crippen molar-refractivity contribution in [1.82, 2.24) is 14.8 Å². The molecule has 26 heavy (non-hydrogen) atoms. The maximum absolute atomic E-state index is 8.93. The van der Waals surface area contributed by atoms with Crippen molar-refractivity contribution in [2.45, 2.75) is 17.5 Å². The second kappa shape index (κ2) is 8.41. The Bertz CT molecular complexity index is 991. The number of halogens is 2. The lowest BCUT2D eigenvalue weighted by Gasteiger charge is -2.09. The molecule has 0 fully saturated rings. The van der Waals surface area contributed by atoms with Crippen molar-refractivity contribution in [3.8, 4) is 17.5 Å². The summed E-state index contributed by atoms with van der Waals surface area (Å²) in [5, 5.41) is 19.5. The van der Waals surface area contributed by atoms with Gasteiger partial charge < -0.3 is 0 Å².